The zero-order chi connectivity index (χ0) is 20.3. The van der Waals surface area contributed by atoms with Crippen LogP contribution in [0.2, 0.25) is 0 Å². The third-order valence-electron chi connectivity index (χ3n) is 4.48. The molecule has 0 aliphatic carbocycles. The van der Waals surface area contributed by atoms with Gasteiger partial charge in [-0.05, 0) is 37.1 Å². The van der Waals surface area contributed by atoms with E-state index >= 15 is 0 Å². The Kier molecular flexibility index (Phi) is 6.21. The molecule has 8 heteroatoms. The Morgan fingerprint density at radius 1 is 1.21 bits per heavy atom. The second-order valence-electron chi connectivity index (χ2n) is 6.62. The molecule has 2 heterocycles. The number of ether oxygens (including phenoxy) is 3. The van der Waals surface area contributed by atoms with Gasteiger partial charge in [0.1, 0.15) is 0 Å². The smallest absolute Gasteiger partial charge is 0.265 e. The molecule has 150 valence electrons. The van der Waals surface area contributed by atoms with Crippen LogP contribution in [-0.4, -0.2) is 51.6 Å². The van der Waals surface area contributed by atoms with E-state index in [9.17, 15) is 9.59 Å². The van der Waals surface area contributed by atoms with E-state index in [0.717, 1.165) is 24.3 Å². The summed E-state index contributed by atoms with van der Waals surface area (Å²) in [6.45, 7) is 0.758. The lowest BCUT2D eigenvalue weighted by Crippen LogP contribution is -2.22. The van der Waals surface area contributed by atoms with Crippen molar-refractivity contribution in [1.82, 2.24) is 4.90 Å². The molecule has 1 saturated heterocycles. The number of hydrogen-bond donors (Lipinski definition) is 1. The lowest BCUT2D eigenvalue weighted by molar-refractivity contribution is 0.0826. The van der Waals surface area contributed by atoms with Crippen molar-refractivity contribution in [3.8, 4) is 11.5 Å². The standard InChI is InChI=1S/C20H24N2O5S/c1-22(2)20(24)12-10-13(18(26-4)15(11-12)25-3)21-19(23)17-8-7-16(28-17)14-6-5-9-27-14/h7-8,10-11,14H,5-6,9H2,1-4H3,(H,21,23). The summed E-state index contributed by atoms with van der Waals surface area (Å²) in [5, 5.41) is 2.85. The van der Waals surface area contributed by atoms with Crippen molar-refractivity contribution in [2.75, 3.05) is 40.2 Å². The second-order valence-corrected chi connectivity index (χ2v) is 7.73. The molecule has 1 fully saturated rings. The number of methoxy groups -OCH3 is 2. The summed E-state index contributed by atoms with van der Waals surface area (Å²) in [6.07, 6.45) is 2.08. The van der Waals surface area contributed by atoms with Crippen LogP contribution in [0, 0.1) is 0 Å². The van der Waals surface area contributed by atoms with Crippen molar-refractivity contribution in [3.63, 3.8) is 0 Å². The van der Waals surface area contributed by atoms with E-state index in [1.54, 1.807) is 32.3 Å². The molecule has 0 saturated carbocycles. The number of carbonyl (C=O) groups excluding carboxylic acids is 2. The van der Waals surface area contributed by atoms with Crippen LogP contribution in [0.1, 0.15) is 43.9 Å². The van der Waals surface area contributed by atoms with Gasteiger partial charge in [-0.2, -0.15) is 0 Å². The Balaban J connectivity index is 1.88. The molecule has 1 aliphatic heterocycles. The highest BCUT2D eigenvalue weighted by molar-refractivity contribution is 7.14. The van der Waals surface area contributed by atoms with Gasteiger partial charge < -0.3 is 24.4 Å². The van der Waals surface area contributed by atoms with E-state index in [1.165, 1.54) is 30.5 Å². The Hall–Kier alpha value is -2.58. The topological polar surface area (TPSA) is 77.1 Å². The van der Waals surface area contributed by atoms with Crippen LogP contribution in [0.15, 0.2) is 24.3 Å². The molecule has 0 spiro atoms. The SMILES string of the molecule is COc1cc(C(=O)N(C)C)cc(NC(=O)c2ccc(C3CCCO3)s2)c1OC. The quantitative estimate of drug-likeness (QED) is 0.796. The van der Waals surface area contributed by atoms with E-state index < -0.39 is 0 Å². The van der Waals surface area contributed by atoms with E-state index in [0.29, 0.717) is 27.6 Å². The highest BCUT2D eigenvalue weighted by Gasteiger charge is 2.23. The molecular formula is C20H24N2O5S. The van der Waals surface area contributed by atoms with Crippen molar-refractivity contribution in [3.05, 3.63) is 39.6 Å². The first-order valence-corrected chi connectivity index (χ1v) is 9.76. The Bertz CT molecular complexity index is 871. The number of hydrogen-bond acceptors (Lipinski definition) is 6. The highest BCUT2D eigenvalue weighted by Crippen LogP contribution is 2.38. The van der Waals surface area contributed by atoms with Crippen molar-refractivity contribution in [2.45, 2.75) is 18.9 Å². The number of rotatable bonds is 6. The third kappa shape index (κ3) is 4.13. The number of nitrogens with zero attached hydrogens (tertiary/aromatic N) is 1. The fraction of sp³-hybridized carbons (Fsp3) is 0.400. The van der Waals surface area contributed by atoms with Gasteiger partial charge in [-0.15, -0.1) is 11.3 Å². The molecule has 28 heavy (non-hydrogen) atoms. The summed E-state index contributed by atoms with van der Waals surface area (Å²) in [5.74, 6) is 0.260. The van der Waals surface area contributed by atoms with Crippen LogP contribution in [0.4, 0.5) is 5.69 Å². The number of amides is 2. The van der Waals surface area contributed by atoms with Crippen molar-refractivity contribution in [1.29, 1.82) is 0 Å². The Morgan fingerprint density at radius 3 is 2.61 bits per heavy atom. The number of benzene rings is 1. The summed E-state index contributed by atoms with van der Waals surface area (Å²) < 4.78 is 16.4. The molecule has 1 aliphatic rings. The van der Waals surface area contributed by atoms with E-state index in [2.05, 4.69) is 5.32 Å². The number of nitrogens with one attached hydrogen (secondary N) is 1. The molecular weight excluding hydrogens is 380 g/mol. The molecule has 0 radical (unpaired) electrons. The highest BCUT2D eigenvalue weighted by atomic mass is 32.1. The fourth-order valence-electron chi connectivity index (χ4n) is 3.07. The van der Waals surface area contributed by atoms with E-state index in [-0.39, 0.29) is 17.9 Å². The number of carbonyl (C=O) groups is 2. The van der Waals surface area contributed by atoms with Gasteiger partial charge in [0.05, 0.1) is 30.9 Å². The minimum atomic E-state index is -0.274. The molecule has 2 aromatic rings. The summed E-state index contributed by atoms with van der Waals surface area (Å²) in [5.41, 5.74) is 0.772. The van der Waals surface area contributed by atoms with Crippen LogP contribution in [0.5, 0.6) is 11.5 Å². The first-order valence-electron chi connectivity index (χ1n) is 8.95. The van der Waals surface area contributed by atoms with Crippen LogP contribution >= 0.6 is 11.3 Å². The Labute approximate surface area is 168 Å². The minimum absolute atomic E-state index is 0.0715. The lowest BCUT2D eigenvalue weighted by atomic mass is 10.1. The van der Waals surface area contributed by atoms with Gasteiger partial charge in [-0.3, -0.25) is 9.59 Å². The van der Waals surface area contributed by atoms with Gasteiger partial charge >= 0.3 is 0 Å². The maximum atomic E-state index is 12.8. The van der Waals surface area contributed by atoms with Crippen LogP contribution in [0.25, 0.3) is 0 Å². The van der Waals surface area contributed by atoms with Crippen molar-refractivity contribution in [2.24, 2.45) is 0 Å². The zero-order valence-electron chi connectivity index (χ0n) is 16.4. The first kappa shape index (κ1) is 20.2. The van der Waals surface area contributed by atoms with Crippen molar-refractivity contribution < 1.29 is 23.8 Å². The molecule has 2 amide bonds. The average Bonchev–Trinajstić information content (AvgIpc) is 3.37. The molecule has 1 N–H and O–H groups in total. The third-order valence-corrected chi connectivity index (χ3v) is 5.65. The lowest BCUT2D eigenvalue weighted by Gasteiger charge is -2.17. The van der Waals surface area contributed by atoms with Crippen LogP contribution < -0.4 is 14.8 Å². The normalized spacial score (nSPS) is 15.9. The molecule has 3 rings (SSSR count). The van der Waals surface area contributed by atoms with Crippen LogP contribution in [0.3, 0.4) is 0 Å². The largest absolute Gasteiger partial charge is 0.493 e. The van der Waals surface area contributed by atoms with Gasteiger partial charge in [0.15, 0.2) is 11.5 Å². The summed E-state index contributed by atoms with van der Waals surface area (Å²) in [7, 11) is 6.30. The van der Waals surface area contributed by atoms with Gasteiger partial charge in [0.2, 0.25) is 0 Å². The van der Waals surface area contributed by atoms with E-state index in [1.807, 2.05) is 6.07 Å². The molecule has 1 atom stereocenters. The average molecular weight is 404 g/mol. The van der Waals surface area contributed by atoms with Crippen LogP contribution in [-0.2, 0) is 4.74 Å². The minimum Gasteiger partial charge on any atom is -0.493 e. The summed E-state index contributed by atoms with van der Waals surface area (Å²) in [4.78, 5) is 28.2. The number of anilines is 1. The molecule has 0 bridgehead atoms. The molecule has 1 unspecified atom stereocenters. The monoisotopic (exact) mass is 404 g/mol. The summed E-state index contributed by atoms with van der Waals surface area (Å²) in [6, 6.07) is 6.91. The molecule has 7 nitrogen and oxygen atoms in total. The predicted molar refractivity (Wildman–Crippen MR) is 108 cm³/mol. The maximum absolute atomic E-state index is 12.8. The first-order chi connectivity index (χ1) is 13.4. The second kappa shape index (κ2) is 8.62. The van der Waals surface area contributed by atoms with E-state index in [4.69, 9.17) is 14.2 Å². The summed E-state index contributed by atoms with van der Waals surface area (Å²) >= 11 is 1.41. The Morgan fingerprint density at radius 2 is 2.00 bits per heavy atom. The van der Waals surface area contributed by atoms with Gasteiger partial charge in [0.25, 0.3) is 11.8 Å². The van der Waals surface area contributed by atoms with Crippen molar-refractivity contribution >= 4 is 28.8 Å². The van der Waals surface area contributed by atoms with Gasteiger partial charge in [-0.25, -0.2) is 0 Å². The fourth-order valence-corrected chi connectivity index (χ4v) is 4.06. The van der Waals surface area contributed by atoms with Gasteiger partial charge in [-0.1, -0.05) is 0 Å². The van der Waals surface area contributed by atoms with Gasteiger partial charge in [0, 0.05) is 31.1 Å². The number of thiophene rings is 1. The molecule has 1 aromatic carbocycles. The maximum Gasteiger partial charge on any atom is 0.265 e. The zero-order valence-corrected chi connectivity index (χ0v) is 17.2. The predicted octanol–water partition coefficient (Wildman–Crippen LogP) is 3.57. The molecule has 1 aromatic heterocycles.